The van der Waals surface area contributed by atoms with Gasteiger partial charge in [0.15, 0.2) is 0 Å². The van der Waals surface area contributed by atoms with Gasteiger partial charge >= 0.3 is 0 Å². The van der Waals surface area contributed by atoms with Crippen molar-refractivity contribution in [2.45, 2.75) is 38.1 Å². The van der Waals surface area contributed by atoms with Gasteiger partial charge in [0.1, 0.15) is 0 Å². The zero-order valence-corrected chi connectivity index (χ0v) is 20.0. The van der Waals surface area contributed by atoms with E-state index in [1.165, 1.54) is 12.1 Å². The van der Waals surface area contributed by atoms with Gasteiger partial charge in [0.25, 0.3) is 5.91 Å². The Hall–Kier alpha value is -3.49. The van der Waals surface area contributed by atoms with Crippen molar-refractivity contribution in [2.24, 2.45) is 0 Å². The first-order chi connectivity index (χ1) is 16.3. The van der Waals surface area contributed by atoms with Gasteiger partial charge in [-0.05, 0) is 66.9 Å². The maximum absolute atomic E-state index is 13.1. The first kappa shape index (κ1) is 23.7. The minimum atomic E-state index is -3.74. The molecular weight excluding hydrogens is 450 g/mol. The Morgan fingerprint density at radius 3 is 2.47 bits per heavy atom. The molecule has 0 saturated carbocycles. The van der Waals surface area contributed by atoms with Crippen molar-refractivity contribution >= 4 is 33.2 Å². The number of nitrogens with zero attached hydrogens (tertiary/aromatic N) is 1. The highest BCUT2D eigenvalue weighted by atomic mass is 32.2. The summed E-state index contributed by atoms with van der Waals surface area (Å²) in [5.41, 5.74) is 4.85. The van der Waals surface area contributed by atoms with Gasteiger partial charge in [-0.1, -0.05) is 36.8 Å². The standard InChI is InChI=1S/C26H27N3O4S/c1-3-25(30)28-22-9-11-23(12-10-22)34(32,33)27-17-19-7-8-20-13-14-29(24(20)16-19)26(31)21-6-4-5-18(2)15-21/h4-12,15-16,27H,3,13-14,17H2,1-2H3,(H,28,30). The zero-order valence-electron chi connectivity index (χ0n) is 19.2. The molecule has 0 atom stereocenters. The van der Waals surface area contributed by atoms with Crippen LogP contribution in [-0.4, -0.2) is 26.8 Å². The van der Waals surface area contributed by atoms with Crippen molar-refractivity contribution in [1.82, 2.24) is 4.72 Å². The van der Waals surface area contributed by atoms with Crippen LogP contribution in [0.3, 0.4) is 0 Å². The first-order valence-corrected chi connectivity index (χ1v) is 12.6. The van der Waals surface area contributed by atoms with E-state index in [0.717, 1.165) is 28.8 Å². The van der Waals surface area contributed by atoms with Crippen LogP contribution in [0.2, 0.25) is 0 Å². The molecule has 1 heterocycles. The van der Waals surface area contributed by atoms with E-state index in [1.54, 1.807) is 24.0 Å². The van der Waals surface area contributed by atoms with Crippen molar-refractivity contribution in [1.29, 1.82) is 0 Å². The van der Waals surface area contributed by atoms with Gasteiger partial charge < -0.3 is 10.2 Å². The van der Waals surface area contributed by atoms with E-state index in [-0.39, 0.29) is 23.3 Å². The second-order valence-corrected chi connectivity index (χ2v) is 10.1. The molecule has 0 unspecified atom stereocenters. The van der Waals surface area contributed by atoms with Gasteiger partial charge in [0.2, 0.25) is 15.9 Å². The quantitative estimate of drug-likeness (QED) is 0.537. The van der Waals surface area contributed by atoms with E-state index < -0.39 is 10.0 Å². The zero-order chi connectivity index (χ0) is 24.3. The van der Waals surface area contributed by atoms with Crippen molar-refractivity contribution in [3.05, 3.63) is 89.0 Å². The molecule has 1 aliphatic rings. The van der Waals surface area contributed by atoms with Gasteiger partial charge in [0.05, 0.1) is 4.90 Å². The maximum atomic E-state index is 13.1. The largest absolute Gasteiger partial charge is 0.326 e. The summed E-state index contributed by atoms with van der Waals surface area (Å²) in [7, 11) is -3.74. The Kier molecular flexibility index (Phi) is 6.81. The molecule has 2 N–H and O–H groups in total. The van der Waals surface area contributed by atoms with Crippen LogP contribution >= 0.6 is 0 Å². The molecule has 3 aromatic carbocycles. The SMILES string of the molecule is CCC(=O)Nc1ccc(S(=O)(=O)NCc2ccc3c(c2)N(C(=O)c2cccc(C)c2)CC3)cc1. The highest BCUT2D eigenvalue weighted by Crippen LogP contribution is 2.30. The molecule has 0 radical (unpaired) electrons. The molecule has 34 heavy (non-hydrogen) atoms. The average molecular weight is 478 g/mol. The molecule has 8 heteroatoms. The fraction of sp³-hybridized carbons (Fsp3) is 0.231. The molecule has 0 aromatic heterocycles. The number of hydrogen-bond donors (Lipinski definition) is 2. The minimum absolute atomic E-state index is 0.0598. The molecular formula is C26H27N3O4S. The van der Waals surface area contributed by atoms with E-state index in [9.17, 15) is 18.0 Å². The number of amides is 2. The third kappa shape index (κ3) is 5.18. The summed E-state index contributed by atoms with van der Waals surface area (Å²) in [5, 5.41) is 2.69. The van der Waals surface area contributed by atoms with Crippen LogP contribution in [0.1, 0.15) is 40.4 Å². The van der Waals surface area contributed by atoms with E-state index in [4.69, 9.17) is 0 Å². The van der Waals surface area contributed by atoms with Gasteiger partial charge in [-0.15, -0.1) is 0 Å². The lowest BCUT2D eigenvalue weighted by Gasteiger charge is -2.18. The Labute approximate surface area is 199 Å². The number of rotatable bonds is 7. The van der Waals surface area contributed by atoms with Crippen LogP contribution in [-0.2, 0) is 27.8 Å². The predicted octanol–water partition coefficient (Wildman–Crippen LogP) is 4.02. The Morgan fingerprint density at radius 1 is 1.00 bits per heavy atom. The fourth-order valence-corrected chi connectivity index (χ4v) is 4.93. The van der Waals surface area contributed by atoms with E-state index in [2.05, 4.69) is 10.0 Å². The molecule has 0 fully saturated rings. The third-order valence-electron chi connectivity index (χ3n) is 5.79. The first-order valence-electron chi connectivity index (χ1n) is 11.2. The second kappa shape index (κ2) is 9.79. The number of aryl methyl sites for hydroxylation is 1. The summed E-state index contributed by atoms with van der Waals surface area (Å²) in [6, 6.07) is 19.3. The van der Waals surface area contributed by atoms with Crippen molar-refractivity contribution in [2.75, 3.05) is 16.8 Å². The van der Waals surface area contributed by atoms with E-state index >= 15 is 0 Å². The van der Waals surface area contributed by atoms with E-state index in [1.807, 2.05) is 49.4 Å². The highest BCUT2D eigenvalue weighted by molar-refractivity contribution is 7.89. The molecule has 0 saturated heterocycles. The molecule has 0 spiro atoms. The number of nitrogens with one attached hydrogen (secondary N) is 2. The summed E-state index contributed by atoms with van der Waals surface area (Å²) in [6.07, 6.45) is 1.11. The van der Waals surface area contributed by atoms with Crippen LogP contribution in [0.15, 0.2) is 71.6 Å². The van der Waals surface area contributed by atoms with Crippen molar-refractivity contribution in [3.8, 4) is 0 Å². The lowest BCUT2D eigenvalue weighted by Crippen LogP contribution is -2.29. The topological polar surface area (TPSA) is 95.6 Å². The number of fused-ring (bicyclic) bond motifs is 1. The molecule has 176 valence electrons. The van der Waals surface area contributed by atoms with Gasteiger partial charge in [0, 0.05) is 36.4 Å². The number of hydrogen-bond acceptors (Lipinski definition) is 4. The number of carbonyl (C=O) groups excluding carboxylic acids is 2. The molecule has 0 aliphatic carbocycles. The molecule has 7 nitrogen and oxygen atoms in total. The van der Waals surface area contributed by atoms with Gasteiger partial charge in [-0.25, -0.2) is 13.1 Å². The van der Waals surface area contributed by atoms with Crippen LogP contribution in [0.5, 0.6) is 0 Å². The van der Waals surface area contributed by atoms with Crippen LogP contribution in [0, 0.1) is 6.92 Å². The predicted molar refractivity (Wildman–Crippen MR) is 132 cm³/mol. The number of benzene rings is 3. The number of carbonyl (C=O) groups is 2. The average Bonchev–Trinajstić information content (AvgIpc) is 3.26. The van der Waals surface area contributed by atoms with Crippen molar-refractivity contribution < 1.29 is 18.0 Å². The maximum Gasteiger partial charge on any atom is 0.258 e. The van der Waals surface area contributed by atoms with Crippen LogP contribution in [0.4, 0.5) is 11.4 Å². The molecule has 2 amide bonds. The van der Waals surface area contributed by atoms with Crippen LogP contribution < -0.4 is 14.9 Å². The smallest absolute Gasteiger partial charge is 0.258 e. The fourth-order valence-electron chi connectivity index (χ4n) is 3.91. The monoisotopic (exact) mass is 477 g/mol. The molecule has 1 aliphatic heterocycles. The number of sulfonamides is 1. The lowest BCUT2D eigenvalue weighted by molar-refractivity contribution is -0.115. The molecule has 4 rings (SSSR count). The summed E-state index contributed by atoms with van der Waals surface area (Å²) in [4.78, 5) is 26.4. The normalized spacial score (nSPS) is 12.9. The summed E-state index contributed by atoms with van der Waals surface area (Å²) in [6.45, 7) is 4.39. The highest BCUT2D eigenvalue weighted by Gasteiger charge is 2.26. The van der Waals surface area contributed by atoms with Crippen LogP contribution in [0.25, 0.3) is 0 Å². The van der Waals surface area contributed by atoms with Crippen molar-refractivity contribution in [3.63, 3.8) is 0 Å². The van der Waals surface area contributed by atoms with Gasteiger partial charge in [-0.2, -0.15) is 0 Å². The molecule has 0 bridgehead atoms. The Balaban J connectivity index is 1.47. The summed E-state index contributed by atoms with van der Waals surface area (Å²) < 4.78 is 28.1. The summed E-state index contributed by atoms with van der Waals surface area (Å²) in [5.74, 6) is -0.198. The Bertz CT molecular complexity index is 1330. The minimum Gasteiger partial charge on any atom is -0.326 e. The van der Waals surface area contributed by atoms with Gasteiger partial charge in [-0.3, -0.25) is 9.59 Å². The lowest BCUT2D eigenvalue weighted by atomic mass is 10.1. The molecule has 3 aromatic rings. The number of anilines is 2. The van der Waals surface area contributed by atoms with E-state index in [0.29, 0.717) is 24.2 Å². The third-order valence-corrected chi connectivity index (χ3v) is 7.21. The Morgan fingerprint density at radius 2 is 1.76 bits per heavy atom. The summed E-state index contributed by atoms with van der Waals surface area (Å²) >= 11 is 0. The second-order valence-electron chi connectivity index (χ2n) is 8.29.